The van der Waals surface area contributed by atoms with Crippen molar-refractivity contribution in [2.75, 3.05) is 40.4 Å². The first-order valence-electron chi connectivity index (χ1n) is 9.33. The van der Waals surface area contributed by atoms with Gasteiger partial charge in [-0.25, -0.2) is 4.99 Å². The van der Waals surface area contributed by atoms with Gasteiger partial charge in [-0.3, -0.25) is 0 Å². The van der Waals surface area contributed by atoms with Crippen molar-refractivity contribution in [2.24, 2.45) is 10.9 Å². The van der Waals surface area contributed by atoms with Crippen LogP contribution in [0.15, 0.2) is 29.3 Å². The average molecular weight is 476 g/mol. The van der Waals surface area contributed by atoms with E-state index < -0.39 is 0 Å². The van der Waals surface area contributed by atoms with Crippen molar-refractivity contribution < 1.29 is 4.74 Å². The molecule has 0 bridgehead atoms. The highest BCUT2D eigenvalue weighted by atomic mass is 127. The summed E-state index contributed by atoms with van der Waals surface area (Å²) in [6.45, 7) is 11.3. The molecule has 0 atom stereocenters. The molecule has 0 radical (unpaired) electrons. The van der Waals surface area contributed by atoms with Gasteiger partial charge in [0.05, 0.1) is 13.2 Å². The van der Waals surface area contributed by atoms with E-state index in [0.29, 0.717) is 19.1 Å². The lowest BCUT2D eigenvalue weighted by atomic mass is 10.1. The highest BCUT2D eigenvalue weighted by Crippen LogP contribution is 2.07. The summed E-state index contributed by atoms with van der Waals surface area (Å²) in [5.74, 6) is 1.53. The Morgan fingerprint density at radius 3 is 2.31 bits per heavy atom. The molecule has 0 heterocycles. The van der Waals surface area contributed by atoms with Crippen LogP contribution in [0.25, 0.3) is 0 Å². The van der Waals surface area contributed by atoms with Gasteiger partial charge in [-0.05, 0) is 44.5 Å². The van der Waals surface area contributed by atoms with Crippen LogP contribution < -0.4 is 10.6 Å². The Kier molecular flexibility index (Phi) is 14.7. The lowest BCUT2D eigenvalue weighted by Crippen LogP contribution is -2.39. The fourth-order valence-electron chi connectivity index (χ4n) is 2.29. The van der Waals surface area contributed by atoms with Gasteiger partial charge in [-0.15, -0.1) is 24.0 Å². The molecule has 0 aliphatic heterocycles. The van der Waals surface area contributed by atoms with Crippen LogP contribution in [0.2, 0.25) is 0 Å². The highest BCUT2D eigenvalue weighted by Gasteiger charge is 2.00. The molecule has 6 heteroatoms. The number of benzene rings is 1. The van der Waals surface area contributed by atoms with E-state index in [1.807, 2.05) is 0 Å². The smallest absolute Gasteiger partial charge is 0.191 e. The van der Waals surface area contributed by atoms with Crippen LogP contribution in [0.5, 0.6) is 0 Å². The summed E-state index contributed by atoms with van der Waals surface area (Å²) in [4.78, 5) is 6.82. The average Bonchev–Trinajstić information content (AvgIpc) is 2.56. The molecule has 1 aromatic carbocycles. The number of ether oxygens (including phenoxy) is 1. The van der Waals surface area contributed by atoms with Gasteiger partial charge in [0.25, 0.3) is 0 Å². The molecule has 0 amide bonds. The molecule has 2 N–H and O–H groups in total. The van der Waals surface area contributed by atoms with Gasteiger partial charge in [-0.1, -0.05) is 38.1 Å². The van der Waals surface area contributed by atoms with Crippen LogP contribution in [0.3, 0.4) is 0 Å². The van der Waals surface area contributed by atoms with Crippen LogP contribution in [0.4, 0.5) is 0 Å². The predicted molar refractivity (Wildman–Crippen MR) is 122 cm³/mol. The Morgan fingerprint density at radius 2 is 1.73 bits per heavy atom. The van der Waals surface area contributed by atoms with Crippen molar-refractivity contribution in [1.82, 2.24) is 15.5 Å². The maximum absolute atomic E-state index is 5.63. The van der Waals surface area contributed by atoms with Crippen LogP contribution >= 0.6 is 24.0 Å². The van der Waals surface area contributed by atoms with E-state index in [9.17, 15) is 0 Å². The maximum Gasteiger partial charge on any atom is 0.191 e. The largest absolute Gasteiger partial charge is 0.380 e. The second-order valence-electron chi connectivity index (χ2n) is 6.97. The number of hydrogen-bond donors (Lipinski definition) is 2. The van der Waals surface area contributed by atoms with E-state index >= 15 is 0 Å². The first-order chi connectivity index (χ1) is 12.0. The summed E-state index contributed by atoms with van der Waals surface area (Å²) >= 11 is 0. The number of rotatable bonds is 11. The van der Waals surface area contributed by atoms with E-state index in [1.165, 1.54) is 11.1 Å². The summed E-state index contributed by atoms with van der Waals surface area (Å²) in [6.07, 6.45) is 1.11. The first-order valence-corrected chi connectivity index (χ1v) is 9.33. The third kappa shape index (κ3) is 12.5. The molecule has 0 saturated heterocycles. The zero-order chi connectivity index (χ0) is 18.5. The fourth-order valence-corrected chi connectivity index (χ4v) is 2.29. The van der Waals surface area contributed by atoms with E-state index in [2.05, 4.69) is 79.7 Å². The summed E-state index contributed by atoms with van der Waals surface area (Å²) < 4.78 is 5.63. The molecule has 1 rings (SSSR count). The SMILES string of the molecule is CCNC(=NCc1ccc(CN(C)C)cc1)NCCOCCC(C)C.I. The number of nitrogens with zero attached hydrogens (tertiary/aromatic N) is 2. The van der Waals surface area contributed by atoms with Crippen molar-refractivity contribution in [1.29, 1.82) is 0 Å². The van der Waals surface area contributed by atoms with Crippen molar-refractivity contribution >= 4 is 29.9 Å². The fraction of sp³-hybridized carbons (Fsp3) is 0.650. The molecule has 0 aromatic heterocycles. The molecule has 5 nitrogen and oxygen atoms in total. The monoisotopic (exact) mass is 476 g/mol. The van der Waals surface area contributed by atoms with Crippen LogP contribution in [-0.2, 0) is 17.8 Å². The highest BCUT2D eigenvalue weighted by molar-refractivity contribution is 14.0. The third-order valence-corrected chi connectivity index (χ3v) is 3.66. The van der Waals surface area contributed by atoms with Gasteiger partial charge in [0.2, 0.25) is 0 Å². The summed E-state index contributed by atoms with van der Waals surface area (Å²) in [6, 6.07) is 8.66. The molecule has 0 aliphatic rings. The number of halogens is 1. The van der Waals surface area contributed by atoms with Crippen molar-refractivity contribution in [3.63, 3.8) is 0 Å². The number of guanidine groups is 1. The molecule has 1 aromatic rings. The van der Waals surface area contributed by atoms with Crippen LogP contribution in [-0.4, -0.2) is 51.3 Å². The molecule has 150 valence electrons. The van der Waals surface area contributed by atoms with Crippen molar-refractivity contribution in [3.05, 3.63) is 35.4 Å². The Hall–Kier alpha value is -0.860. The van der Waals surface area contributed by atoms with Crippen molar-refractivity contribution in [2.45, 2.75) is 40.3 Å². The number of aliphatic imine (C=N–C) groups is 1. The van der Waals surface area contributed by atoms with Gasteiger partial charge in [-0.2, -0.15) is 0 Å². The lowest BCUT2D eigenvalue weighted by molar-refractivity contribution is 0.128. The molecule has 0 spiro atoms. The molecule has 26 heavy (non-hydrogen) atoms. The molecule has 0 fully saturated rings. The minimum absolute atomic E-state index is 0. The second-order valence-corrected chi connectivity index (χ2v) is 6.97. The molecular weight excluding hydrogens is 439 g/mol. The minimum atomic E-state index is 0. The predicted octanol–water partition coefficient (Wildman–Crippen LogP) is 3.48. The van der Waals surface area contributed by atoms with Gasteiger partial charge in [0.15, 0.2) is 5.96 Å². The Morgan fingerprint density at radius 1 is 1.08 bits per heavy atom. The standard InChI is InChI=1S/C20H36N4O.HI/c1-6-21-20(22-12-14-25-13-11-17(2)3)23-15-18-7-9-19(10-8-18)16-24(4)5;/h7-10,17H,6,11-16H2,1-5H3,(H2,21,22,23);1H. The van der Waals surface area contributed by atoms with E-state index in [-0.39, 0.29) is 24.0 Å². The summed E-state index contributed by atoms with van der Waals surface area (Å²) in [5.41, 5.74) is 2.54. The van der Waals surface area contributed by atoms with Gasteiger partial charge in [0.1, 0.15) is 0 Å². The van der Waals surface area contributed by atoms with E-state index in [0.717, 1.165) is 38.6 Å². The summed E-state index contributed by atoms with van der Waals surface area (Å²) in [7, 11) is 4.16. The Labute approximate surface area is 177 Å². The van der Waals surface area contributed by atoms with Gasteiger partial charge < -0.3 is 20.3 Å². The molecule has 0 unspecified atom stereocenters. The van der Waals surface area contributed by atoms with E-state index in [1.54, 1.807) is 0 Å². The quantitative estimate of drug-likeness (QED) is 0.222. The van der Waals surface area contributed by atoms with Crippen LogP contribution in [0.1, 0.15) is 38.3 Å². The summed E-state index contributed by atoms with van der Waals surface area (Å²) in [5, 5.41) is 6.60. The molecule has 0 saturated carbocycles. The zero-order valence-corrected chi connectivity index (χ0v) is 19.4. The second kappa shape index (κ2) is 15.2. The first kappa shape index (κ1) is 25.1. The molecule has 0 aliphatic carbocycles. The zero-order valence-electron chi connectivity index (χ0n) is 17.0. The topological polar surface area (TPSA) is 48.9 Å². The van der Waals surface area contributed by atoms with E-state index in [4.69, 9.17) is 4.74 Å². The van der Waals surface area contributed by atoms with Crippen molar-refractivity contribution in [3.8, 4) is 0 Å². The maximum atomic E-state index is 5.63. The van der Waals surface area contributed by atoms with Gasteiger partial charge >= 0.3 is 0 Å². The Balaban J connectivity index is 0.00000625. The lowest BCUT2D eigenvalue weighted by Gasteiger charge is -2.12. The number of hydrogen-bond acceptors (Lipinski definition) is 3. The normalized spacial score (nSPS) is 11.6. The minimum Gasteiger partial charge on any atom is -0.380 e. The third-order valence-electron chi connectivity index (χ3n) is 3.66. The van der Waals surface area contributed by atoms with Crippen LogP contribution in [0, 0.1) is 5.92 Å². The van der Waals surface area contributed by atoms with Gasteiger partial charge in [0, 0.05) is 26.2 Å². The Bertz CT molecular complexity index is 489. The molecular formula is C20H37IN4O. The number of nitrogens with one attached hydrogen (secondary N) is 2.